The first kappa shape index (κ1) is 16.9. The van der Waals surface area contributed by atoms with Crippen molar-refractivity contribution < 1.29 is 19.2 Å². The number of carbonyl (C=O) groups excluding carboxylic acids is 1. The average Bonchev–Trinajstić information content (AvgIpc) is 2.45. The fourth-order valence-corrected chi connectivity index (χ4v) is 1.74. The molecular formula is C14H20N2O5. The number of rotatable bonds is 7. The van der Waals surface area contributed by atoms with Crippen LogP contribution in [0.2, 0.25) is 0 Å². The highest BCUT2D eigenvalue weighted by Gasteiger charge is 2.30. The number of hydrogen-bond donors (Lipinski definition) is 1. The molecule has 0 aliphatic carbocycles. The fraction of sp³-hybridized carbons (Fsp3) is 0.500. The highest BCUT2D eigenvalue weighted by atomic mass is 16.6. The number of hydrogen-bond acceptors (Lipinski definition) is 6. The van der Waals surface area contributed by atoms with Crippen LogP contribution >= 0.6 is 0 Å². The molecule has 1 N–H and O–H groups in total. The molecule has 116 valence electrons. The van der Waals surface area contributed by atoms with E-state index in [0.717, 1.165) is 5.56 Å². The van der Waals surface area contributed by atoms with Gasteiger partial charge in [-0.3, -0.25) is 14.9 Å². The number of nitro groups is 1. The van der Waals surface area contributed by atoms with Crippen molar-refractivity contribution in [2.24, 2.45) is 5.41 Å². The second kappa shape index (κ2) is 7.03. The third-order valence-electron chi connectivity index (χ3n) is 2.93. The van der Waals surface area contributed by atoms with Gasteiger partial charge in [-0.2, -0.15) is 0 Å². The minimum absolute atomic E-state index is 0.00805. The van der Waals surface area contributed by atoms with Crippen molar-refractivity contribution in [1.82, 2.24) is 5.32 Å². The molecule has 0 fully saturated rings. The summed E-state index contributed by atoms with van der Waals surface area (Å²) in [5.74, 6) is -0.297. The van der Waals surface area contributed by atoms with Gasteiger partial charge in [0.1, 0.15) is 6.61 Å². The molecule has 1 rings (SSSR count). The Labute approximate surface area is 123 Å². The Bertz CT molecular complexity index is 528. The normalized spacial score (nSPS) is 11.0. The molecule has 7 nitrogen and oxygen atoms in total. The van der Waals surface area contributed by atoms with Gasteiger partial charge in [-0.15, -0.1) is 0 Å². The van der Waals surface area contributed by atoms with E-state index in [0.29, 0.717) is 6.54 Å². The zero-order chi connectivity index (χ0) is 16.0. The van der Waals surface area contributed by atoms with Gasteiger partial charge >= 0.3 is 11.7 Å². The third-order valence-corrected chi connectivity index (χ3v) is 2.93. The molecule has 0 saturated carbocycles. The highest BCUT2D eigenvalue weighted by Crippen LogP contribution is 2.30. The van der Waals surface area contributed by atoms with Gasteiger partial charge in [0, 0.05) is 12.6 Å². The predicted molar refractivity (Wildman–Crippen MR) is 77.2 cm³/mol. The van der Waals surface area contributed by atoms with E-state index in [2.05, 4.69) is 10.1 Å². The minimum atomic E-state index is -0.883. The van der Waals surface area contributed by atoms with Gasteiger partial charge in [-0.1, -0.05) is 6.07 Å². The summed E-state index contributed by atoms with van der Waals surface area (Å²) in [5.41, 5.74) is -0.223. The van der Waals surface area contributed by atoms with E-state index in [1.165, 1.54) is 19.2 Å². The molecule has 1 aromatic carbocycles. The number of nitrogens with one attached hydrogen (secondary N) is 1. The molecule has 0 radical (unpaired) electrons. The van der Waals surface area contributed by atoms with E-state index in [9.17, 15) is 14.9 Å². The molecular weight excluding hydrogens is 276 g/mol. The monoisotopic (exact) mass is 296 g/mol. The summed E-state index contributed by atoms with van der Waals surface area (Å²) in [7, 11) is 3.05. The molecule has 0 spiro atoms. The minimum Gasteiger partial charge on any atom is -0.486 e. The van der Waals surface area contributed by atoms with Crippen LogP contribution in [0.5, 0.6) is 5.75 Å². The van der Waals surface area contributed by atoms with Gasteiger partial charge in [0.05, 0.1) is 17.4 Å². The number of carbonyl (C=O) groups is 1. The summed E-state index contributed by atoms with van der Waals surface area (Å²) in [6, 6.07) is 4.74. The summed E-state index contributed by atoms with van der Waals surface area (Å²) in [6.07, 6.45) is 0. The average molecular weight is 296 g/mol. The molecule has 21 heavy (non-hydrogen) atoms. The van der Waals surface area contributed by atoms with E-state index in [1.54, 1.807) is 27.0 Å². The summed E-state index contributed by atoms with van der Waals surface area (Å²) in [5, 5.41) is 14.0. The Balaban J connectivity index is 2.93. The fourth-order valence-electron chi connectivity index (χ4n) is 1.74. The third kappa shape index (κ3) is 4.42. The maximum Gasteiger partial charge on any atom is 0.314 e. The number of methoxy groups -OCH3 is 1. The Morgan fingerprint density at radius 2 is 2.10 bits per heavy atom. The number of ether oxygens (including phenoxy) is 2. The smallest absolute Gasteiger partial charge is 0.314 e. The van der Waals surface area contributed by atoms with Crippen molar-refractivity contribution in [2.75, 3.05) is 20.8 Å². The van der Waals surface area contributed by atoms with Gasteiger partial charge in [0.2, 0.25) is 0 Å². The zero-order valence-corrected chi connectivity index (χ0v) is 12.6. The predicted octanol–water partition coefficient (Wildman–Crippen LogP) is 1.89. The van der Waals surface area contributed by atoms with Crippen molar-refractivity contribution in [2.45, 2.75) is 20.4 Å². The van der Waals surface area contributed by atoms with Crippen LogP contribution < -0.4 is 10.1 Å². The quantitative estimate of drug-likeness (QED) is 0.469. The summed E-state index contributed by atoms with van der Waals surface area (Å²) < 4.78 is 10.1. The standard InChI is InChI=1S/C14H20N2O5/c1-14(2,13(17)20-4)9-21-12-6-5-10(8-15-3)7-11(12)16(18)19/h5-7,15H,8-9H2,1-4H3. The van der Waals surface area contributed by atoms with E-state index in [-0.39, 0.29) is 18.0 Å². The first-order valence-corrected chi connectivity index (χ1v) is 6.45. The molecule has 0 unspecified atom stereocenters. The van der Waals surface area contributed by atoms with E-state index in [4.69, 9.17) is 4.74 Å². The second-order valence-corrected chi connectivity index (χ2v) is 5.25. The van der Waals surface area contributed by atoms with Crippen molar-refractivity contribution in [3.05, 3.63) is 33.9 Å². The number of esters is 1. The highest BCUT2D eigenvalue weighted by molar-refractivity contribution is 5.75. The van der Waals surface area contributed by atoms with Crippen LogP contribution in [0.15, 0.2) is 18.2 Å². The Kier molecular flexibility index (Phi) is 5.66. The van der Waals surface area contributed by atoms with E-state index < -0.39 is 16.3 Å². The van der Waals surface area contributed by atoms with Gasteiger partial charge in [0.15, 0.2) is 5.75 Å². The van der Waals surface area contributed by atoms with Crippen LogP contribution in [-0.2, 0) is 16.1 Å². The molecule has 1 aromatic rings. The van der Waals surface area contributed by atoms with Crippen LogP contribution in [0.3, 0.4) is 0 Å². The lowest BCUT2D eigenvalue weighted by atomic mass is 9.95. The molecule has 7 heteroatoms. The van der Waals surface area contributed by atoms with E-state index >= 15 is 0 Å². The molecule has 0 heterocycles. The van der Waals surface area contributed by atoms with Gasteiger partial charge in [-0.05, 0) is 32.5 Å². The Morgan fingerprint density at radius 3 is 2.62 bits per heavy atom. The maximum atomic E-state index is 11.6. The lowest BCUT2D eigenvalue weighted by Crippen LogP contribution is -2.32. The van der Waals surface area contributed by atoms with Crippen molar-refractivity contribution >= 4 is 11.7 Å². The van der Waals surface area contributed by atoms with Crippen molar-refractivity contribution in [1.29, 1.82) is 0 Å². The van der Waals surface area contributed by atoms with Crippen LogP contribution in [0.25, 0.3) is 0 Å². The SMILES string of the molecule is CNCc1ccc(OCC(C)(C)C(=O)OC)c([N+](=O)[O-])c1. The number of benzene rings is 1. The summed E-state index contributed by atoms with van der Waals surface area (Å²) in [4.78, 5) is 22.2. The van der Waals surface area contributed by atoms with Crippen molar-refractivity contribution in [3.8, 4) is 5.75 Å². The van der Waals surface area contributed by atoms with E-state index in [1.807, 2.05) is 0 Å². The van der Waals surface area contributed by atoms with Gasteiger partial charge < -0.3 is 14.8 Å². The molecule has 0 amide bonds. The second-order valence-electron chi connectivity index (χ2n) is 5.25. The molecule has 0 atom stereocenters. The molecule has 0 bridgehead atoms. The summed E-state index contributed by atoms with van der Waals surface area (Å²) >= 11 is 0. The lowest BCUT2D eigenvalue weighted by molar-refractivity contribution is -0.386. The maximum absolute atomic E-state index is 11.6. The first-order valence-electron chi connectivity index (χ1n) is 6.45. The lowest BCUT2D eigenvalue weighted by Gasteiger charge is -2.21. The van der Waals surface area contributed by atoms with Crippen LogP contribution in [0.4, 0.5) is 5.69 Å². The van der Waals surface area contributed by atoms with Crippen LogP contribution in [0, 0.1) is 15.5 Å². The van der Waals surface area contributed by atoms with Crippen LogP contribution in [-0.4, -0.2) is 31.7 Å². The Morgan fingerprint density at radius 1 is 1.43 bits per heavy atom. The molecule has 0 aliphatic rings. The van der Waals surface area contributed by atoms with Gasteiger partial charge in [-0.25, -0.2) is 0 Å². The number of nitro benzene ring substituents is 1. The van der Waals surface area contributed by atoms with Crippen molar-refractivity contribution in [3.63, 3.8) is 0 Å². The molecule has 0 aromatic heterocycles. The first-order chi connectivity index (χ1) is 9.81. The number of nitrogens with zero attached hydrogens (tertiary/aromatic N) is 1. The topological polar surface area (TPSA) is 90.7 Å². The summed E-state index contributed by atoms with van der Waals surface area (Å²) in [6.45, 7) is 3.82. The largest absolute Gasteiger partial charge is 0.486 e. The Hall–Kier alpha value is -2.15. The van der Waals surface area contributed by atoms with Gasteiger partial charge in [0.25, 0.3) is 0 Å². The zero-order valence-electron chi connectivity index (χ0n) is 12.6. The molecule has 0 aliphatic heterocycles. The van der Waals surface area contributed by atoms with Crippen LogP contribution in [0.1, 0.15) is 19.4 Å². The molecule has 0 saturated heterocycles.